The van der Waals surface area contributed by atoms with E-state index in [1.54, 1.807) is 0 Å². The van der Waals surface area contributed by atoms with Crippen molar-refractivity contribution < 1.29 is 4.74 Å². The monoisotopic (exact) mass is 539 g/mol. The zero-order chi connectivity index (χ0) is 22.1. The van der Waals surface area contributed by atoms with E-state index >= 15 is 0 Å². The lowest BCUT2D eigenvalue weighted by Gasteiger charge is -2.40. The molecule has 0 radical (unpaired) electrons. The fourth-order valence-electron chi connectivity index (χ4n) is 4.06. The first kappa shape index (κ1) is 21.9. The van der Waals surface area contributed by atoms with Crippen LogP contribution in [0, 0.1) is 11.3 Å². The molecule has 2 heterocycles. The van der Waals surface area contributed by atoms with E-state index in [-0.39, 0.29) is 11.8 Å². The van der Waals surface area contributed by atoms with Crippen molar-refractivity contribution in [1.29, 1.82) is 5.26 Å². The molecule has 0 bridgehead atoms. The minimum atomic E-state index is -0.225. The summed E-state index contributed by atoms with van der Waals surface area (Å²) < 4.78 is 8.14. The van der Waals surface area contributed by atoms with Crippen molar-refractivity contribution in [2.24, 2.45) is 5.73 Å². The normalized spacial score (nSPS) is 20.6. The summed E-state index contributed by atoms with van der Waals surface area (Å²) >= 11 is 7.00. The first-order valence-corrected chi connectivity index (χ1v) is 11.7. The maximum atomic E-state index is 9.91. The number of ether oxygens (including phenoxy) is 1. The van der Waals surface area contributed by atoms with Gasteiger partial charge in [0.05, 0.1) is 5.92 Å². The van der Waals surface area contributed by atoms with Gasteiger partial charge in [0.15, 0.2) is 0 Å². The Morgan fingerprint density at radius 3 is 2.26 bits per heavy atom. The van der Waals surface area contributed by atoms with Crippen LogP contribution < -0.4 is 5.73 Å². The molecule has 6 heteroatoms. The van der Waals surface area contributed by atoms with Crippen LogP contribution in [-0.2, 0) is 4.74 Å². The Labute approximate surface area is 199 Å². The number of nitriles is 1. The van der Waals surface area contributed by atoms with E-state index in [1.165, 1.54) is 0 Å². The molecule has 2 aromatic carbocycles. The van der Waals surface area contributed by atoms with Crippen molar-refractivity contribution in [3.05, 3.63) is 97.0 Å². The van der Waals surface area contributed by atoms with Gasteiger partial charge >= 0.3 is 0 Å². The SMILES string of the molecule is CC(C)N1CC2=C(OC(N)=C(C#N)C2c2ccc(Br)cc2)/C(=C/c2ccc(Br)cc2)C1. The predicted molar refractivity (Wildman–Crippen MR) is 131 cm³/mol. The Balaban J connectivity index is 1.88. The van der Waals surface area contributed by atoms with E-state index in [0.29, 0.717) is 11.6 Å². The summed E-state index contributed by atoms with van der Waals surface area (Å²) in [5, 5.41) is 9.91. The smallest absolute Gasteiger partial charge is 0.205 e. The molecule has 2 N–H and O–H groups in total. The average molecular weight is 541 g/mol. The van der Waals surface area contributed by atoms with Crippen LogP contribution in [0.15, 0.2) is 85.8 Å². The Morgan fingerprint density at radius 1 is 1.06 bits per heavy atom. The molecule has 4 nitrogen and oxygen atoms in total. The number of nitrogens with zero attached hydrogens (tertiary/aromatic N) is 2. The van der Waals surface area contributed by atoms with Gasteiger partial charge in [0.2, 0.25) is 5.88 Å². The zero-order valence-corrected chi connectivity index (χ0v) is 20.6. The van der Waals surface area contributed by atoms with Gasteiger partial charge in [0.25, 0.3) is 0 Å². The fraction of sp³-hybridized carbons (Fsp3) is 0.240. The Hall–Kier alpha value is -2.33. The Morgan fingerprint density at radius 2 is 1.68 bits per heavy atom. The number of nitrogens with two attached hydrogens (primary N) is 1. The summed E-state index contributed by atoms with van der Waals surface area (Å²) in [4.78, 5) is 2.40. The lowest BCUT2D eigenvalue weighted by Crippen LogP contribution is -2.41. The predicted octanol–water partition coefficient (Wildman–Crippen LogP) is 6.08. The molecule has 4 rings (SSSR count). The van der Waals surface area contributed by atoms with E-state index in [9.17, 15) is 5.26 Å². The molecule has 0 aromatic heterocycles. The van der Waals surface area contributed by atoms with Gasteiger partial charge in [0, 0.05) is 33.6 Å². The molecule has 0 amide bonds. The van der Waals surface area contributed by atoms with Crippen LogP contribution in [0.3, 0.4) is 0 Å². The van der Waals surface area contributed by atoms with Crippen molar-refractivity contribution >= 4 is 37.9 Å². The number of hydrogen-bond donors (Lipinski definition) is 1. The molecule has 2 aliphatic rings. The molecule has 1 atom stereocenters. The van der Waals surface area contributed by atoms with Gasteiger partial charge in [-0.25, -0.2) is 0 Å². The molecule has 2 aliphatic heterocycles. The van der Waals surface area contributed by atoms with Crippen LogP contribution in [0.1, 0.15) is 30.9 Å². The van der Waals surface area contributed by atoms with Crippen LogP contribution in [0.4, 0.5) is 0 Å². The highest BCUT2D eigenvalue weighted by molar-refractivity contribution is 9.10. The molecular weight excluding hydrogens is 518 g/mol. The van der Waals surface area contributed by atoms with Gasteiger partial charge < -0.3 is 10.5 Å². The quantitative estimate of drug-likeness (QED) is 0.512. The largest absolute Gasteiger partial charge is 0.440 e. The molecule has 158 valence electrons. The summed E-state index contributed by atoms with van der Waals surface area (Å²) in [5.74, 6) is 0.759. The second-order valence-electron chi connectivity index (χ2n) is 8.05. The maximum absolute atomic E-state index is 9.91. The fourth-order valence-corrected chi connectivity index (χ4v) is 4.59. The second kappa shape index (κ2) is 9.04. The van der Waals surface area contributed by atoms with Crippen LogP contribution in [-0.4, -0.2) is 24.0 Å². The average Bonchev–Trinajstić information content (AvgIpc) is 2.75. The van der Waals surface area contributed by atoms with E-state index in [4.69, 9.17) is 10.5 Å². The van der Waals surface area contributed by atoms with Gasteiger partial charge in [-0.3, -0.25) is 4.90 Å². The van der Waals surface area contributed by atoms with Crippen molar-refractivity contribution in [3.63, 3.8) is 0 Å². The van der Waals surface area contributed by atoms with E-state index in [2.05, 4.69) is 74.9 Å². The highest BCUT2D eigenvalue weighted by atomic mass is 79.9. The number of halogens is 2. The summed E-state index contributed by atoms with van der Waals surface area (Å²) in [6.45, 7) is 5.87. The summed E-state index contributed by atoms with van der Waals surface area (Å²) in [7, 11) is 0. The lowest BCUT2D eigenvalue weighted by molar-refractivity contribution is 0.208. The first-order chi connectivity index (χ1) is 14.9. The molecular formula is C25H23Br2N3O. The van der Waals surface area contributed by atoms with Gasteiger partial charge in [-0.15, -0.1) is 0 Å². The number of allylic oxidation sites excluding steroid dienone is 1. The van der Waals surface area contributed by atoms with E-state index in [0.717, 1.165) is 50.1 Å². The Bertz CT molecular complexity index is 1120. The number of rotatable bonds is 3. The molecule has 31 heavy (non-hydrogen) atoms. The number of benzene rings is 2. The van der Waals surface area contributed by atoms with E-state index in [1.807, 2.05) is 36.4 Å². The zero-order valence-electron chi connectivity index (χ0n) is 17.4. The lowest BCUT2D eigenvalue weighted by atomic mass is 9.80. The van der Waals surface area contributed by atoms with Crippen LogP contribution in [0.2, 0.25) is 0 Å². The Kier molecular flexibility index (Phi) is 6.38. The molecule has 0 fully saturated rings. The minimum absolute atomic E-state index is 0.189. The van der Waals surface area contributed by atoms with Crippen molar-refractivity contribution in [2.45, 2.75) is 25.8 Å². The molecule has 2 aromatic rings. The van der Waals surface area contributed by atoms with Gasteiger partial charge in [-0.1, -0.05) is 56.1 Å². The highest BCUT2D eigenvalue weighted by Crippen LogP contribution is 2.44. The molecule has 0 saturated heterocycles. The summed E-state index contributed by atoms with van der Waals surface area (Å²) in [6.07, 6.45) is 2.15. The molecule has 0 spiro atoms. The third-order valence-electron chi connectivity index (χ3n) is 5.71. The van der Waals surface area contributed by atoms with Gasteiger partial charge in [-0.2, -0.15) is 5.26 Å². The second-order valence-corrected chi connectivity index (χ2v) is 9.88. The maximum Gasteiger partial charge on any atom is 0.205 e. The van der Waals surface area contributed by atoms with Gasteiger partial charge in [-0.05, 0) is 60.9 Å². The van der Waals surface area contributed by atoms with E-state index < -0.39 is 0 Å². The third kappa shape index (κ3) is 4.50. The first-order valence-electron chi connectivity index (χ1n) is 10.1. The number of hydrogen-bond acceptors (Lipinski definition) is 4. The molecule has 1 unspecified atom stereocenters. The highest BCUT2D eigenvalue weighted by Gasteiger charge is 2.38. The third-order valence-corrected chi connectivity index (χ3v) is 6.77. The minimum Gasteiger partial charge on any atom is -0.440 e. The van der Waals surface area contributed by atoms with Crippen molar-refractivity contribution in [3.8, 4) is 6.07 Å². The molecule has 0 saturated carbocycles. The van der Waals surface area contributed by atoms with Crippen molar-refractivity contribution in [2.75, 3.05) is 13.1 Å². The van der Waals surface area contributed by atoms with Crippen molar-refractivity contribution in [1.82, 2.24) is 4.90 Å². The summed E-state index contributed by atoms with van der Waals surface area (Å²) in [6, 6.07) is 18.9. The standard InChI is InChI=1S/C25H23Br2N3O/c1-15(2)30-13-18(11-16-3-7-19(26)8-4-16)24-22(14-30)23(21(12-28)25(29)31-24)17-5-9-20(27)10-6-17/h3-11,15,23H,13-14,29H2,1-2H3/b18-11+. The van der Waals surface area contributed by atoms with Crippen LogP contribution >= 0.6 is 31.9 Å². The topological polar surface area (TPSA) is 62.3 Å². The van der Waals surface area contributed by atoms with Crippen LogP contribution in [0.25, 0.3) is 6.08 Å². The summed E-state index contributed by atoms with van der Waals surface area (Å²) in [5.41, 5.74) is 11.0. The van der Waals surface area contributed by atoms with Crippen LogP contribution in [0.5, 0.6) is 0 Å². The molecule has 0 aliphatic carbocycles. The van der Waals surface area contributed by atoms with Gasteiger partial charge in [0.1, 0.15) is 17.4 Å².